The molecule has 158 valence electrons. The molecule has 1 aliphatic heterocycles. The molecule has 6 nitrogen and oxygen atoms in total. The highest BCUT2D eigenvalue weighted by Gasteiger charge is 2.12. The Bertz CT molecular complexity index is 1300. The van der Waals surface area contributed by atoms with Crippen LogP contribution in [0.1, 0.15) is 21.5 Å². The summed E-state index contributed by atoms with van der Waals surface area (Å²) in [6.45, 7) is 0.637. The molecule has 5 rings (SSSR count). The van der Waals surface area contributed by atoms with Crippen LogP contribution < -0.4 is 19.6 Å². The minimum absolute atomic E-state index is 0.218. The zero-order valence-corrected chi connectivity index (χ0v) is 17.2. The first kappa shape index (κ1) is 19.6. The minimum Gasteiger partial charge on any atom is -0.489 e. The molecule has 4 aromatic rings. The van der Waals surface area contributed by atoms with Crippen LogP contribution in [0.5, 0.6) is 17.2 Å². The summed E-state index contributed by atoms with van der Waals surface area (Å²) in [7, 11) is 0. The van der Waals surface area contributed by atoms with Gasteiger partial charge in [-0.15, -0.1) is 0 Å². The molecule has 0 saturated heterocycles. The first-order chi connectivity index (χ1) is 15.7. The van der Waals surface area contributed by atoms with E-state index >= 15 is 0 Å². The van der Waals surface area contributed by atoms with Crippen molar-refractivity contribution in [2.75, 3.05) is 6.79 Å². The van der Waals surface area contributed by atoms with Crippen LogP contribution >= 0.6 is 0 Å². The van der Waals surface area contributed by atoms with Crippen molar-refractivity contribution in [2.45, 2.75) is 6.61 Å². The van der Waals surface area contributed by atoms with Gasteiger partial charge in [-0.05, 0) is 64.4 Å². The molecule has 0 aromatic heterocycles. The number of ether oxygens (including phenoxy) is 3. The number of hydrazone groups is 1. The molecule has 32 heavy (non-hydrogen) atoms. The SMILES string of the molecule is O=C(NN=Cc1ccc2c(c1)OCO2)c1ccc(COc2ccc3ccccc3c2)cc1. The van der Waals surface area contributed by atoms with E-state index in [2.05, 4.69) is 22.7 Å². The van der Waals surface area contributed by atoms with Crippen molar-refractivity contribution >= 4 is 22.9 Å². The quantitative estimate of drug-likeness (QED) is 0.353. The lowest BCUT2D eigenvalue weighted by Gasteiger charge is -2.08. The summed E-state index contributed by atoms with van der Waals surface area (Å²) in [6, 6.07) is 26.9. The fraction of sp³-hybridized carbons (Fsp3) is 0.0769. The van der Waals surface area contributed by atoms with Gasteiger partial charge in [-0.25, -0.2) is 5.43 Å². The third-order valence-electron chi connectivity index (χ3n) is 5.12. The van der Waals surface area contributed by atoms with E-state index in [1.807, 2.05) is 60.7 Å². The minimum atomic E-state index is -0.288. The van der Waals surface area contributed by atoms with Crippen LogP contribution in [0.2, 0.25) is 0 Å². The molecule has 0 spiro atoms. The molecule has 1 N–H and O–H groups in total. The van der Waals surface area contributed by atoms with E-state index in [4.69, 9.17) is 14.2 Å². The Morgan fingerprint density at radius 3 is 2.59 bits per heavy atom. The van der Waals surface area contributed by atoms with E-state index < -0.39 is 0 Å². The highest BCUT2D eigenvalue weighted by molar-refractivity contribution is 5.95. The first-order valence-electron chi connectivity index (χ1n) is 10.2. The lowest BCUT2D eigenvalue weighted by atomic mass is 10.1. The van der Waals surface area contributed by atoms with Crippen LogP contribution in [-0.2, 0) is 6.61 Å². The smallest absolute Gasteiger partial charge is 0.271 e. The average molecular weight is 424 g/mol. The highest BCUT2D eigenvalue weighted by Crippen LogP contribution is 2.32. The second-order valence-corrected chi connectivity index (χ2v) is 7.31. The lowest BCUT2D eigenvalue weighted by Crippen LogP contribution is -2.17. The van der Waals surface area contributed by atoms with Gasteiger partial charge in [-0.2, -0.15) is 5.10 Å². The van der Waals surface area contributed by atoms with Crippen LogP contribution in [0.15, 0.2) is 90.0 Å². The topological polar surface area (TPSA) is 69.2 Å². The van der Waals surface area contributed by atoms with Crippen molar-refractivity contribution in [3.63, 3.8) is 0 Å². The second kappa shape index (κ2) is 8.81. The Kier molecular flexibility index (Phi) is 5.41. The second-order valence-electron chi connectivity index (χ2n) is 7.31. The molecule has 1 amide bonds. The number of nitrogens with zero attached hydrogens (tertiary/aromatic N) is 1. The number of rotatable bonds is 6. The molecule has 1 aliphatic rings. The summed E-state index contributed by atoms with van der Waals surface area (Å²) in [5.74, 6) is 1.89. The number of benzene rings is 4. The molecule has 0 atom stereocenters. The van der Waals surface area contributed by atoms with Gasteiger partial charge in [0.25, 0.3) is 5.91 Å². The number of carbonyl (C=O) groups excluding carboxylic acids is 1. The molecular formula is C26H20N2O4. The van der Waals surface area contributed by atoms with Gasteiger partial charge in [-0.3, -0.25) is 4.79 Å². The van der Waals surface area contributed by atoms with Crippen molar-refractivity contribution in [1.82, 2.24) is 5.43 Å². The fourth-order valence-corrected chi connectivity index (χ4v) is 3.40. The van der Waals surface area contributed by atoms with Crippen LogP contribution in [-0.4, -0.2) is 18.9 Å². The first-order valence-corrected chi connectivity index (χ1v) is 10.2. The Morgan fingerprint density at radius 2 is 1.72 bits per heavy atom. The fourth-order valence-electron chi connectivity index (χ4n) is 3.40. The van der Waals surface area contributed by atoms with Gasteiger partial charge in [0.1, 0.15) is 12.4 Å². The van der Waals surface area contributed by atoms with Crippen LogP contribution in [0, 0.1) is 0 Å². The standard InChI is InChI=1S/C26H20N2O4/c29-26(28-27-15-19-7-12-24-25(13-19)32-17-31-24)21-8-5-18(6-9-21)16-30-23-11-10-20-3-1-2-4-22(20)14-23/h1-15H,16-17H2,(H,28,29). The predicted octanol–water partition coefficient (Wildman–Crippen LogP) is 4.91. The van der Waals surface area contributed by atoms with E-state index in [1.54, 1.807) is 18.3 Å². The Hall–Kier alpha value is -4.32. The van der Waals surface area contributed by atoms with Gasteiger partial charge in [-0.1, -0.05) is 42.5 Å². The molecule has 4 aromatic carbocycles. The molecule has 0 aliphatic carbocycles. The molecule has 0 saturated carbocycles. The monoisotopic (exact) mass is 424 g/mol. The zero-order valence-electron chi connectivity index (χ0n) is 17.2. The molecular weight excluding hydrogens is 404 g/mol. The lowest BCUT2D eigenvalue weighted by molar-refractivity contribution is 0.0955. The van der Waals surface area contributed by atoms with Crippen LogP contribution in [0.25, 0.3) is 10.8 Å². The highest BCUT2D eigenvalue weighted by atomic mass is 16.7. The summed E-state index contributed by atoms with van der Waals surface area (Å²) in [5, 5.41) is 6.34. The predicted molar refractivity (Wildman–Crippen MR) is 122 cm³/mol. The van der Waals surface area contributed by atoms with E-state index in [0.717, 1.165) is 22.3 Å². The third-order valence-corrected chi connectivity index (χ3v) is 5.12. The van der Waals surface area contributed by atoms with Gasteiger partial charge in [0, 0.05) is 5.56 Å². The van der Waals surface area contributed by atoms with Crippen molar-refractivity contribution in [2.24, 2.45) is 5.10 Å². The van der Waals surface area contributed by atoms with E-state index in [0.29, 0.717) is 23.7 Å². The summed E-state index contributed by atoms with van der Waals surface area (Å²) < 4.78 is 16.5. The maximum absolute atomic E-state index is 12.3. The van der Waals surface area contributed by atoms with E-state index in [9.17, 15) is 4.79 Å². The molecule has 0 unspecified atom stereocenters. The molecule has 0 fully saturated rings. The van der Waals surface area contributed by atoms with Gasteiger partial charge < -0.3 is 14.2 Å². The van der Waals surface area contributed by atoms with E-state index in [1.165, 1.54) is 5.39 Å². The molecule has 0 bridgehead atoms. The molecule has 6 heteroatoms. The average Bonchev–Trinajstić information content (AvgIpc) is 3.31. The van der Waals surface area contributed by atoms with Crippen molar-refractivity contribution in [3.05, 3.63) is 102 Å². The number of hydrogen-bond donors (Lipinski definition) is 1. The third kappa shape index (κ3) is 4.39. The van der Waals surface area contributed by atoms with Gasteiger partial charge >= 0.3 is 0 Å². The summed E-state index contributed by atoms with van der Waals surface area (Å²) in [4.78, 5) is 12.3. The van der Waals surface area contributed by atoms with E-state index in [-0.39, 0.29) is 12.7 Å². The van der Waals surface area contributed by atoms with Crippen molar-refractivity contribution in [1.29, 1.82) is 0 Å². The summed E-state index contributed by atoms with van der Waals surface area (Å²) in [6.07, 6.45) is 1.56. The van der Waals surface area contributed by atoms with Gasteiger partial charge in [0.2, 0.25) is 6.79 Å². The van der Waals surface area contributed by atoms with Crippen LogP contribution in [0.3, 0.4) is 0 Å². The molecule has 0 radical (unpaired) electrons. The number of nitrogens with one attached hydrogen (secondary N) is 1. The number of fused-ring (bicyclic) bond motifs is 2. The normalized spacial score (nSPS) is 12.2. The number of amides is 1. The summed E-state index contributed by atoms with van der Waals surface area (Å²) in [5.41, 5.74) is 4.83. The van der Waals surface area contributed by atoms with Crippen molar-refractivity contribution < 1.29 is 19.0 Å². The van der Waals surface area contributed by atoms with Crippen molar-refractivity contribution in [3.8, 4) is 17.2 Å². The Balaban J connectivity index is 1.16. The Labute approximate surface area is 185 Å². The molecule has 1 heterocycles. The Morgan fingerprint density at radius 1 is 0.906 bits per heavy atom. The maximum atomic E-state index is 12.3. The maximum Gasteiger partial charge on any atom is 0.271 e. The zero-order chi connectivity index (χ0) is 21.8. The van der Waals surface area contributed by atoms with Crippen LogP contribution in [0.4, 0.5) is 0 Å². The summed E-state index contributed by atoms with van der Waals surface area (Å²) >= 11 is 0. The number of carbonyl (C=O) groups is 1. The van der Waals surface area contributed by atoms with Gasteiger partial charge in [0.05, 0.1) is 6.21 Å². The number of hydrogen-bond acceptors (Lipinski definition) is 5. The van der Waals surface area contributed by atoms with Gasteiger partial charge in [0.15, 0.2) is 11.5 Å². The largest absolute Gasteiger partial charge is 0.489 e.